The number of fused-ring (bicyclic) bond motifs is 10. The molecule has 0 saturated carbocycles. The van der Waals surface area contributed by atoms with Gasteiger partial charge in [-0.1, -0.05) is 151 Å². The Balaban J connectivity index is 1.18. The van der Waals surface area contributed by atoms with Crippen molar-refractivity contribution < 1.29 is 0 Å². The Morgan fingerprint density at radius 1 is 0.410 bits per heavy atom. The van der Waals surface area contributed by atoms with Crippen molar-refractivity contribution in [2.75, 3.05) is 0 Å². The van der Waals surface area contributed by atoms with E-state index in [1.807, 2.05) is 6.07 Å². The second-order valence-corrected chi connectivity index (χ2v) is 19.1. The van der Waals surface area contributed by atoms with E-state index in [0.717, 1.165) is 33.4 Å². The molecule has 61 heavy (non-hydrogen) atoms. The normalized spacial score (nSPS) is 16.0. The summed E-state index contributed by atoms with van der Waals surface area (Å²) >= 11 is 0. The summed E-state index contributed by atoms with van der Waals surface area (Å²) in [6, 6.07) is 55.1. The van der Waals surface area contributed by atoms with Gasteiger partial charge in [-0.05, 0) is 99.5 Å². The molecule has 0 bridgehead atoms. The molecule has 0 saturated heterocycles. The predicted octanol–water partition coefficient (Wildman–Crippen LogP) is 14.1. The second-order valence-electron chi connectivity index (χ2n) is 19.1. The molecule has 0 spiro atoms. The molecule has 10 aromatic rings. The SMILES string of the molecule is CC1(C)CCC(C)(C)c2cc3c(cc21)c1cc2c4ccccc4n(-c4nc(-c5ccccc5)nc(-c5cccc6c5C(C)(C)c5ccccc5-6)n4)c2cc1n3-c1ccccc1. The van der Waals surface area contributed by atoms with Crippen LogP contribution in [0, 0.1) is 0 Å². The van der Waals surface area contributed by atoms with Gasteiger partial charge in [0.25, 0.3) is 0 Å². The van der Waals surface area contributed by atoms with Gasteiger partial charge in [0.2, 0.25) is 5.95 Å². The van der Waals surface area contributed by atoms with Crippen LogP contribution in [-0.4, -0.2) is 24.1 Å². The van der Waals surface area contributed by atoms with Gasteiger partial charge in [0, 0.05) is 43.8 Å². The Morgan fingerprint density at radius 3 is 1.77 bits per heavy atom. The third-order valence-electron chi connectivity index (χ3n) is 14.2. The number of para-hydroxylation sites is 2. The zero-order valence-electron chi connectivity index (χ0n) is 35.6. The van der Waals surface area contributed by atoms with Crippen LogP contribution in [0.5, 0.6) is 0 Å². The molecule has 5 heteroatoms. The monoisotopic (exact) mass is 789 g/mol. The van der Waals surface area contributed by atoms with Crippen LogP contribution >= 0.6 is 0 Å². The van der Waals surface area contributed by atoms with Crippen molar-refractivity contribution in [3.63, 3.8) is 0 Å². The fraction of sp³-hybridized carbons (Fsp3) is 0.196. The Labute approximate surface area is 356 Å². The first-order valence-corrected chi connectivity index (χ1v) is 21.7. The Bertz CT molecular complexity index is 3440. The highest BCUT2D eigenvalue weighted by molar-refractivity contribution is 6.19. The van der Waals surface area contributed by atoms with Crippen molar-refractivity contribution in [2.45, 2.75) is 70.6 Å². The molecule has 0 N–H and O–H groups in total. The summed E-state index contributed by atoms with van der Waals surface area (Å²) in [5.74, 6) is 1.91. The zero-order valence-corrected chi connectivity index (χ0v) is 35.6. The van der Waals surface area contributed by atoms with Crippen LogP contribution < -0.4 is 0 Å². The average Bonchev–Trinajstić information content (AvgIpc) is 3.86. The van der Waals surface area contributed by atoms with E-state index in [-0.39, 0.29) is 16.2 Å². The molecule has 3 aromatic heterocycles. The number of benzene rings is 7. The van der Waals surface area contributed by atoms with Crippen molar-refractivity contribution in [1.29, 1.82) is 0 Å². The van der Waals surface area contributed by atoms with E-state index in [4.69, 9.17) is 15.0 Å². The minimum absolute atomic E-state index is 0.0816. The van der Waals surface area contributed by atoms with Gasteiger partial charge >= 0.3 is 0 Å². The van der Waals surface area contributed by atoms with E-state index in [2.05, 4.69) is 196 Å². The van der Waals surface area contributed by atoms with Gasteiger partial charge in [0.1, 0.15) is 0 Å². The first-order valence-electron chi connectivity index (χ1n) is 21.7. The fourth-order valence-electron chi connectivity index (χ4n) is 10.9. The van der Waals surface area contributed by atoms with E-state index in [0.29, 0.717) is 17.6 Å². The lowest BCUT2D eigenvalue weighted by Gasteiger charge is -2.42. The second kappa shape index (κ2) is 12.6. The van der Waals surface area contributed by atoms with Crippen molar-refractivity contribution in [3.05, 3.63) is 174 Å². The topological polar surface area (TPSA) is 48.5 Å². The molecule has 12 rings (SSSR count). The maximum atomic E-state index is 5.50. The maximum Gasteiger partial charge on any atom is 0.238 e. The minimum atomic E-state index is -0.241. The first kappa shape index (κ1) is 36.0. The molecule has 0 amide bonds. The molecule has 0 aliphatic heterocycles. The molecular weight excluding hydrogens is 743 g/mol. The van der Waals surface area contributed by atoms with Crippen LogP contribution in [0.3, 0.4) is 0 Å². The van der Waals surface area contributed by atoms with Crippen LogP contribution in [0.1, 0.15) is 76.6 Å². The number of hydrogen-bond acceptors (Lipinski definition) is 3. The molecular formula is C56H47N5. The molecule has 0 fully saturated rings. The van der Waals surface area contributed by atoms with E-state index >= 15 is 0 Å². The highest BCUT2D eigenvalue weighted by Gasteiger charge is 2.39. The lowest BCUT2D eigenvalue weighted by atomic mass is 9.63. The third kappa shape index (κ3) is 5.16. The molecule has 0 atom stereocenters. The summed E-state index contributed by atoms with van der Waals surface area (Å²) in [7, 11) is 0. The molecule has 0 radical (unpaired) electrons. The van der Waals surface area contributed by atoms with Crippen LogP contribution in [-0.2, 0) is 16.2 Å². The van der Waals surface area contributed by atoms with Crippen LogP contribution in [0.2, 0.25) is 0 Å². The van der Waals surface area contributed by atoms with Crippen molar-refractivity contribution in [2.24, 2.45) is 0 Å². The van der Waals surface area contributed by atoms with E-state index in [9.17, 15) is 0 Å². The first-order chi connectivity index (χ1) is 29.5. The standard InChI is InChI=1S/C56H47N5/c1-54(2)28-29-55(3,4)45-32-47-42(31-44(45)54)41-30-40-37-23-14-16-27-46(37)61(49(40)33-48(41)60(47)35-20-11-8-12-21-35)53-58-51(34-18-9-7-10-19-34)57-52(59-53)39-25-17-24-38-36-22-13-15-26-43(36)56(5,6)50(38)39/h7-27,30-33H,28-29H2,1-6H3. The fourth-order valence-corrected chi connectivity index (χ4v) is 10.9. The molecule has 5 nitrogen and oxygen atoms in total. The number of rotatable bonds is 4. The smallest absolute Gasteiger partial charge is 0.238 e. The summed E-state index contributed by atoms with van der Waals surface area (Å²) in [4.78, 5) is 16.2. The number of nitrogens with zero attached hydrogens (tertiary/aromatic N) is 5. The molecule has 0 unspecified atom stereocenters. The lowest BCUT2D eigenvalue weighted by Crippen LogP contribution is -2.33. The molecule has 7 aromatic carbocycles. The van der Waals surface area contributed by atoms with Crippen molar-refractivity contribution in [1.82, 2.24) is 24.1 Å². The summed E-state index contributed by atoms with van der Waals surface area (Å²) in [6.45, 7) is 14.3. The Hall–Kier alpha value is -6.85. The van der Waals surface area contributed by atoms with Crippen LogP contribution in [0.25, 0.3) is 89.2 Å². The van der Waals surface area contributed by atoms with Gasteiger partial charge in [-0.15, -0.1) is 0 Å². The number of hydrogen-bond donors (Lipinski definition) is 0. The maximum absolute atomic E-state index is 5.50. The average molecular weight is 790 g/mol. The Morgan fingerprint density at radius 2 is 0.984 bits per heavy atom. The van der Waals surface area contributed by atoms with Gasteiger partial charge in [-0.25, -0.2) is 4.98 Å². The summed E-state index contributed by atoms with van der Waals surface area (Å²) < 4.78 is 4.75. The van der Waals surface area contributed by atoms with Gasteiger partial charge < -0.3 is 4.57 Å². The van der Waals surface area contributed by atoms with E-state index < -0.39 is 0 Å². The van der Waals surface area contributed by atoms with Crippen molar-refractivity contribution in [3.8, 4) is 45.5 Å². The third-order valence-corrected chi connectivity index (χ3v) is 14.2. The largest absolute Gasteiger partial charge is 0.309 e. The van der Waals surface area contributed by atoms with Gasteiger partial charge in [-0.2, -0.15) is 9.97 Å². The van der Waals surface area contributed by atoms with Crippen LogP contribution in [0.4, 0.5) is 0 Å². The molecule has 2 aliphatic carbocycles. The molecule has 296 valence electrons. The van der Waals surface area contributed by atoms with E-state index in [1.54, 1.807) is 0 Å². The summed E-state index contributed by atoms with van der Waals surface area (Å²) in [6.07, 6.45) is 2.34. The zero-order chi connectivity index (χ0) is 41.4. The molecule has 2 aliphatic rings. The molecule has 3 heterocycles. The summed E-state index contributed by atoms with van der Waals surface area (Å²) in [5.41, 5.74) is 15.6. The van der Waals surface area contributed by atoms with Gasteiger partial charge in [-0.3, -0.25) is 4.57 Å². The highest BCUT2D eigenvalue weighted by Crippen LogP contribution is 2.52. The summed E-state index contributed by atoms with van der Waals surface area (Å²) in [5, 5.41) is 4.88. The van der Waals surface area contributed by atoms with Crippen LogP contribution in [0.15, 0.2) is 152 Å². The quantitative estimate of drug-likeness (QED) is 0.178. The van der Waals surface area contributed by atoms with E-state index in [1.165, 1.54) is 73.3 Å². The highest BCUT2D eigenvalue weighted by atomic mass is 15.2. The minimum Gasteiger partial charge on any atom is -0.309 e. The number of aromatic nitrogens is 5. The Kier molecular flexibility index (Phi) is 7.44. The predicted molar refractivity (Wildman–Crippen MR) is 252 cm³/mol. The van der Waals surface area contributed by atoms with Gasteiger partial charge in [0.05, 0.1) is 22.1 Å². The van der Waals surface area contributed by atoms with Gasteiger partial charge in [0.15, 0.2) is 11.6 Å². The van der Waals surface area contributed by atoms with Crippen molar-refractivity contribution >= 4 is 43.6 Å². The lowest BCUT2D eigenvalue weighted by molar-refractivity contribution is 0.332.